The van der Waals surface area contributed by atoms with Gasteiger partial charge >= 0.3 is 0 Å². The predicted octanol–water partition coefficient (Wildman–Crippen LogP) is 4.36. The van der Waals surface area contributed by atoms with E-state index in [2.05, 4.69) is 16.2 Å². The number of carbonyl (C=O) groups is 1. The molecule has 3 heterocycles. The number of hydrogen-bond acceptors (Lipinski definition) is 4. The third kappa shape index (κ3) is 5.19. The molecule has 1 aliphatic rings. The summed E-state index contributed by atoms with van der Waals surface area (Å²) in [6.45, 7) is 6.61. The Hall–Kier alpha value is -2.93. The first-order chi connectivity index (χ1) is 15.8. The summed E-state index contributed by atoms with van der Waals surface area (Å²) in [5, 5.41) is 4.45. The highest BCUT2D eigenvalue weighted by Crippen LogP contribution is 2.29. The highest BCUT2D eigenvalue weighted by Gasteiger charge is 2.33. The van der Waals surface area contributed by atoms with Crippen LogP contribution >= 0.6 is 0 Å². The molecule has 3 aromatic rings. The SMILES string of the molecule is Cc1nn(C)cc1CN1CCC([C@@H](Cc2ccccc2F)N(C)C(=O)c2ccoc2C)CC1. The fourth-order valence-electron chi connectivity index (χ4n) is 5.00. The summed E-state index contributed by atoms with van der Waals surface area (Å²) < 4.78 is 21.7. The first-order valence-electron chi connectivity index (χ1n) is 11.6. The van der Waals surface area contributed by atoms with Gasteiger partial charge in [0.25, 0.3) is 5.91 Å². The third-order valence-corrected chi connectivity index (χ3v) is 6.98. The van der Waals surface area contributed by atoms with Crippen molar-refractivity contribution in [2.75, 3.05) is 20.1 Å². The van der Waals surface area contributed by atoms with E-state index < -0.39 is 0 Å². The molecule has 0 unspecified atom stereocenters. The number of nitrogens with zero attached hydrogens (tertiary/aromatic N) is 4. The molecule has 4 rings (SSSR count). The summed E-state index contributed by atoms with van der Waals surface area (Å²) in [4.78, 5) is 17.5. The largest absolute Gasteiger partial charge is 0.469 e. The lowest BCUT2D eigenvalue weighted by Gasteiger charge is -2.40. The van der Waals surface area contributed by atoms with E-state index in [9.17, 15) is 9.18 Å². The van der Waals surface area contributed by atoms with Crippen LogP contribution in [0.1, 0.15) is 45.8 Å². The average Bonchev–Trinajstić information content (AvgIpc) is 3.37. The fraction of sp³-hybridized carbons (Fsp3) is 0.462. The van der Waals surface area contributed by atoms with Crippen LogP contribution in [0.5, 0.6) is 0 Å². The monoisotopic (exact) mass is 452 g/mol. The minimum atomic E-state index is -0.215. The molecule has 0 radical (unpaired) electrons. The Bertz CT molecular complexity index is 1100. The molecule has 2 aromatic heterocycles. The highest BCUT2D eigenvalue weighted by atomic mass is 19.1. The Morgan fingerprint density at radius 2 is 1.94 bits per heavy atom. The van der Waals surface area contributed by atoms with Crippen LogP contribution in [-0.4, -0.2) is 51.7 Å². The van der Waals surface area contributed by atoms with E-state index in [0.717, 1.165) is 38.2 Å². The fourth-order valence-corrected chi connectivity index (χ4v) is 5.00. The van der Waals surface area contributed by atoms with Gasteiger partial charge in [-0.15, -0.1) is 0 Å². The van der Waals surface area contributed by atoms with Gasteiger partial charge < -0.3 is 9.32 Å². The molecule has 0 saturated carbocycles. The second-order valence-electron chi connectivity index (χ2n) is 9.20. The first kappa shape index (κ1) is 23.2. The zero-order valence-corrected chi connectivity index (χ0v) is 19.9. The van der Waals surface area contributed by atoms with Crippen LogP contribution in [0.3, 0.4) is 0 Å². The van der Waals surface area contributed by atoms with Gasteiger partial charge in [0.05, 0.1) is 17.5 Å². The molecule has 1 amide bonds. The molecule has 0 spiro atoms. The zero-order chi connectivity index (χ0) is 23.5. The lowest BCUT2D eigenvalue weighted by atomic mass is 9.84. The summed E-state index contributed by atoms with van der Waals surface area (Å²) in [6, 6.07) is 8.50. The van der Waals surface area contributed by atoms with Gasteiger partial charge in [0.1, 0.15) is 11.6 Å². The summed E-state index contributed by atoms with van der Waals surface area (Å²) >= 11 is 0. The van der Waals surface area contributed by atoms with Crippen molar-refractivity contribution >= 4 is 5.91 Å². The second kappa shape index (κ2) is 9.91. The lowest BCUT2D eigenvalue weighted by Crippen LogP contribution is -2.47. The quantitative estimate of drug-likeness (QED) is 0.534. The van der Waals surface area contributed by atoms with E-state index in [1.165, 1.54) is 11.6 Å². The lowest BCUT2D eigenvalue weighted by molar-refractivity contribution is 0.0581. The van der Waals surface area contributed by atoms with Gasteiger partial charge in [-0.3, -0.25) is 14.4 Å². The van der Waals surface area contributed by atoms with Gasteiger partial charge in [0, 0.05) is 38.4 Å². The normalized spacial score (nSPS) is 16.2. The molecule has 1 saturated heterocycles. The highest BCUT2D eigenvalue weighted by molar-refractivity contribution is 5.95. The molecule has 1 aliphatic heterocycles. The maximum atomic E-state index is 14.5. The Morgan fingerprint density at radius 3 is 2.55 bits per heavy atom. The van der Waals surface area contributed by atoms with E-state index in [1.807, 2.05) is 37.8 Å². The van der Waals surface area contributed by atoms with E-state index in [1.54, 1.807) is 30.2 Å². The molecular weight excluding hydrogens is 419 g/mol. The van der Waals surface area contributed by atoms with Crippen LogP contribution in [0, 0.1) is 25.6 Å². The van der Waals surface area contributed by atoms with Crippen LogP contribution in [0.4, 0.5) is 4.39 Å². The van der Waals surface area contributed by atoms with Gasteiger partial charge in [-0.2, -0.15) is 5.10 Å². The molecule has 0 N–H and O–H groups in total. The van der Waals surface area contributed by atoms with Crippen LogP contribution < -0.4 is 0 Å². The van der Waals surface area contributed by atoms with Crippen molar-refractivity contribution in [3.8, 4) is 0 Å². The van der Waals surface area contributed by atoms with Gasteiger partial charge in [0.15, 0.2) is 0 Å². The van der Waals surface area contributed by atoms with Crippen molar-refractivity contribution in [1.82, 2.24) is 19.6 Å². The number of carbonyl (C=O) groups excluding carboxylic acids is 1. The maximum Gasteiger partial charge on any atom is 0.257 e. The number of aryl methyl sites for hydroxylation is 3. The van der Waals surface area contributed by atoms with Crippen LogP contribution in [0.15, 0.2) is 47.2 Å². The van der Waals surface area contributed by atoms with Crippen molar-refractivity contribution in [2.24, 2.45) is 13.0 Å². The molecule has 6 nitrogen and oxygen atoms in total. The zero-order valence-electron chi connectivity index (χ0n) is 19.9. The minimum absolute atomic E-state index is 0.0731. The number of likely N-dealkylation sites (tertiary alicyclic amines) is 1. The van der Waals surface area contributed by atoms with Crippen molar-refractivity contribution < 1.29 is 13.6 Å². The molecular formula is C26H33FN4O2. The average molecular weight is 453 g/mol. The van der Waals surface area contributed by atoms with Crippen molar-refractivity contribution in [2.45, 2.75) is 45.7 Å². The molecule has 1 atom stereocenters. The smallest absolute Gasteiger partial charge is 0.257 e. The number of rotatable bonds is 7. The number of likely N-dealkylation sites (N-methyl/N-ethyl adjacent to an activating group) is 1. The molecule has 176 valence electrons. The summed E-state index contributed by atoms with van der Waals surface area (Å²) in [6.07, 6.45) is 6.04. The summed E-state index contributed by atoms with van der Waals surface area (Å²) in [5.74, 6) is 0.610. The van der Waals surface area contributed by atoms with Crippen LogP contribution in [0.25, 0.3) is 0 Å². The number of hydrogen-bond donors (Lipinski definition) is 0. The van der Waals surface area contributed by atoms with Crippen molar-refractivity contribution in [3.63, 3.8) is 0 Å². The van der Waals surface area contributed by atoms with Crippen LogP contribution in [-0.2, 0) is 20.0 Å². The number of furan rings is 1. The minimum Gasteiger partial charge on any atom is -0.469 e. The standard InChI is InChI=1S/C26H33FN4O2/c1-18-22(16-29(3)28-18)17-31-12-9-20(10-13-31)25(15-21-7-5-6-8-24(21)27)30(4)26(32)23-11-14-33-19(23)2/h5-8,11,14,16,20,25H,9-10,12-13,15,17H2,1-4H3/t25-/m1/s1. The van der Waals surface area contributed by atoms with Gasteiger partial charge in [-0.05, 0) is 69.8 Å². The molecule has 1 aromatic carbocycles. The van der Waals surface area contributed by atoms with Crippen LogP contribution in [0.2, 0.25) is 0 Å². The van der Waals surface area contributed by atoms with E-state index >= 15 is 0 Å². The summed E-state index contributed by atoms with van der Waals surface area (Å²) in [7, 11) is 3.79. The number of piperidine rings is 1. The third-order valence-electron chi connectivity index (χ3n) is 6.98. The summed E-state index contributed by atoms with van der Waals surface area (Å²) in [5.41, 5.74) is 3.54. The van der Waals surface area contributed by atoms with E-state index in [-0.39, 0.29) is 23.7 Å². The number of aromatic nitrogens is 2. The topological polar surface area (TPSA) is 54.5 Å². The Morgan fingerprint density at radius 1 is 1.21 bits per heavy atom. The predicted molar refractivity (Wildman–Crippen MR) is 125 cm³/mol. The molecule has 33 heavy (non-hydrogen) atoms. The van der Waals surface area contributed by atoms with Gasteiger partial charge in [0.2, 0.25) is 0 Å². The number of amides is 1. The Balaban J connectivity index is 1.50. The maximum absolute atomic E-state index is 14.5. The molecule has 0 bridgehead atoms. The van der Waals surface area contributed by atoms with Gasteiger partial charge in [-0.25, -0.2) is 4.39 Å². The second-order valence-corrected chi connectivity index (χ2v) is 9.20. The first-order valence-corrected chi connectivity index (χ1v) is 11.6. The van der Waals surface area contributed by atoms with E-state index in [0.29, 0.717) is 23.3 Å². The van der Waals surface area contributed by atoms with Gasteiger partial charge in [-0.1, -0.05) is 18.2 Å². The Labute approximate surface area is 195 Å². The molecule has 7 heteroatoms. The van der Waals surface area contributed by atoms with E-state index in [4.69, 9.17) is 4.42 Å². The molecule has 0 aliphatic carbocycles. The van der Waals surface area contributed by atoms with Crippen molar-refractivity contribution in [3.05, 3.63) is 76.8 Å². The molecule has 1 fully saturated rings. The number of benzene rings is 1. The van der Waals surface area contributed by atoms with Crippen molar-refractivity contribution in [1.29, 1.82) is 0 Å². The number of halogens is 1. The Kier molecular flexibility index (Phi) is 6.98.